The number of aromatic hydroxyl groups is 1. The van der Waals surface area contributed by atoms with Crippen LogP contribution in [-0.2, 0) is 6.54 Å². The number of rotatable bonds is 4. The van der Waals surface area contributed by atoms with Gasteiger partial charge in [-0.1, -0.05) is 22.0 Å². The first-order chi connectivity index (χ1) is 16.3. The Hall–Kier alpha value is -4.03. The number of ketones is 1. The Morgan fingerprint density at radius 1 is 1.15 bits per heavy atom. The number of aromatic nitrogens is 1. The fourth-order valence-corrected chi connectivity index (χ4v) is 4.46. The number of pyridine rings is 1. The number of fused-ring (bicyclic) bond motifs is 2. The van der Waals surface area contributed by atoms with Gasteiger partial charge < -0.3 is 19.0 Å². The summed E-state index contributed by atoms with van der Waals surface area (Å²) >= 11 is 3.38. The molecule has 2 aromatic heterocycles. The van der Waals surface area contributed by atoms with Gasteiger partial charge in [0.15, 0.2) is 17.3 Å². The third-order valence-electron chi connectivity index (χ3n) is 5.91. The number of furan rings is 1. The van der Waals surface area contributed by atoms with Crippen LogP contribution >= 0.6 is 15.9 Å². The summed E-state index contributed by atoms with van der Waals surface area (Å²) in [4.78, 5) is 26.6. The van der Waals surface area contributed by atoms with Crippen LogP contribution in [0.3, 0.4) is 0 Å². The molecule has 1 N–H and O–H groups in total. The number of carbonyl (C=O) groups is 1. The maximum atomic E-state index is 13.6. The summed E-state index contributed by atoms with van der Waals surface area (Å²) in [6, 6.07) is 12.4. The fourth-order valence-electron chi connectivity index (χ4n) is 4.12. The molecule has 0 unspecified atom stereocenters. The Kier molecular flexibility index (Phi) is 5.18. The molecule has 5 rings (SSSR count). The highest BCUT2D eigenvalue weighted by Gasteiger charge is 2.29. The van der Waals surface area contributed by atoms with E-state index >= 15 is 0 Å². The van der Waals surface area contributed by atoms with E-state index in [0.717, 1.165) is 14.4 Å². The number of benzene rings is 2. The van der Waals surface area contributed by atoms with E-state index in [1.54, 1.807) is 31.2 Å². The number of hydrogen-bond acceptors (Lipinski definition) is 7. The molecule has 2 aromatic carbocycles. The molecule has 0 saturated carbocycles. The molecule has 170 valence electrons. The van der Waals surface area contributed by atoms with Crippen LogP contribution in [0.1, 0.15) is 38.4 Å². The summed E-state index contributed by atoms with van der Waals surface area (Å²) in [6.45, 7) is 3.22. The standard InChI is InChI=1S/C25H17BrN2O6/c1-12-17(9-27)24(30)28(10-14-3-6-18-20(7-14)33-11-32-18)25(31)21(12)22(29)23-13(2)16-5-4-15(26)8-19(16)34-23/h3-8,31H,10-11H2,1-2H3. The lowest BCUT2D eigenvalue weighted by atomic mass is 9.98. The highest BCUT2D eigenvalue weighted by molar-refractivity contribution is 9.10. The smallest absolute Gasteiger partial charge is 0.271 e. The number of nitrogens with zero attached hydrogens (tertiary/aromatic N) is 2. The van der Waals surface area contributed by atoms with Crippen molar-refractivity contribution in [2.75, 3.05) is 6.79 Å². The highest BCUT2D eigenvalue weighted by Crippen LogP contribution is 2.34. The van der Waals surface area contributed by atoms with Crippen LogP contribution in [0.5, 0.6) is 17.4 Å². The molecule has 0 atom stereocenters. The van der Waals surface area contributed by atoms with E-state index in [9.17, 15) is 20.0 Å². The Balaban J connectivity index is 1.66. The Bertz CT molecular complexity index is 1610. The van der Waals surface area contributed by atoms with Crippen LogP contribution in [0.2, 0.25) is 0 Å². The number of ether oxygens (including phenoxy) is 2. The van der Waals surface area contributed by atoms with Crippen molar-refractivity contribution < 1.29 is 23.8 Å². The molecule has 8 nitrogen and oxygen atoms in total. The van der Waals surface area contributed by atoms with Crippen molar-refractivity contribution in [3.8, 4) is 23.4 Å². The van der Waals surface area contributed by atoms with Gasteiger partial charge in [-0.25, -0.2) is 0 Å². The van der Waals surface area contributed by atoms with E-state index in [1.807, 2.05) is 18.2 Å². The first kappa shape index (κ1) is 21.8. The summed E-state index contributed by atoms with van der Waals surface area (Å²) in [5.41, 5.74) is 0.740. The molecule has 0 radical (unpaired) electrons. The van der Waals surface area contributed by atoms with Crippen molar-refractivity contribution in [1.82, 2.24) is 4.57 Å². The lowest BCUT2D eigenvalue weighted by Crippen LogP contribution is -2.27. The Labute approximate surface area is 201 Å². The fraction of sp³-hybridized carbons (Fsp3) is 0.160. The van der Waals surface area contributed by atoms with Crippen LogP contribution in [0.4, 0.5) is 0 Å². The molecule has 0 fully saturated rings. The Morgan fingerprint density at radius 2 is 1.91 bits per heavy atom. The van der Waals surface area contributed by atoms with Crippen molar-refractivity contribution >= 4 is 32.7 Å². The van der Waals surface area contributed by atoms with Gasteiger partial charge in [0, 0.05) is 15.4 Å². The zero-order valence-electron chi connectivity index (χ0n) is 18.1. The van der Waals surface area contributed by atoms with Gasteiger partial charge in [0.1, 0.15) is 17.2 Å². The molecule has 1 aliphatic rings. The number of carbonyl (C=O) groups excluding carboxylic acids is 1. The Morgan fingerprint density at radius 3 is 2.68 bits per heavy atom. The predicted octanol–water partition coefficient (Wildman–Crippen LogP) is 4.56. The van der Waals surface area contributed by atoms with Gasteiger partial charge in [-0.3, -0.25) is 14.2 Å². The minimum absolute atomic E-state index is 0.0312. The molecule has 1 aliphatic heterocycles. The second kappa shape index (κ2) is 8.08. The lowest BCUT2D eigenvalue weighted by Gasteiger charge is -2.15. The summed E-state index contributed by atoms with van der Waals surface area (Å²) in [7, 11) is 0. The van der Waals surface area contributed by atoms with Crippen LogP contribution in [-0.4, -0.2) is 22.2 Å². The summed E-state index contributed by atoms with van der Waals surface area (Å²) < 4.78 is 18.3. The van der Waals surface area contributed by atoms with Crippen molar-refractivity contribution in [2.24, 2.45) is 0 Å². The molecule has 0 bridgehead atoms. The molecule has 4 aromatic rings. The van der Waals surface area contributed by atoms with Crippen LogP contribution in [0, 0.1) is 25.2 Å². The average molecular weight is 521 g/mol. The molecule has 0 saturated heterocycles. The summed E-state index contributed by atoms with van der Waals surface area (Å²) in [5, 5.41) is 21.5. The third-order valence-corrected chi connectivity index (χ3v) is 6.40. The van der Waals surface area contributed by atoms with E-state index in [1.165, 1.54) is 6.92 Å². The minimum Gasteiger partial charge on any atom is -0.494 e. The first-order valence-electron chi connectivity index (χ1n) is 10.3. The molecular formula is C25H17BrN2O6. The number of nitriles is 1. The molecule has 0 amide bonds. The van der Waals surface area contributed by atoms with E-state index < -0.39 is 17.2 Å². The van der Waals surface area contributed by atoms with Gasteiger partial charge in [-0.15, -0.1) is 0 Å². The second-order valence-corrected chi connectivity index (χ2v) is 8.83. The normalized spacial score (nSPS) is 12.2. The lowest BCUT2D eigenvalue weighted by molar-refractivity contribution is 0.101. The average Bonchev–Trinajstić information content (AvgIpc) is 3.40. The number of hydrogen-bond donors (Lipinski definition) is 1. The molecule has 34 heavy (non-hydrogen) atoms. The van der Waals surface area contributed by atoms with E-state index in [4.69, 9.17) is 13.9 Å². The second-order valence-electron chi connectivity index (χ2n) is 7.92. The zero-order chi connectivity index (χ0) is 24.1. The van der Waals surface area contributed by atoms with Crippen molar-refractivity contribution in [1.29, 1.82) is 5.26 Å². The number of aryl methyl sites for hydroxylation is 1. The van der Waals surface area contributed by atoms with Crippen molar-refractivity contribution in [3.63, 3.8) is 0 Å². The van der Waals surface area contributed by atoms with Crippen LogP contribution in [0.25, 0.3) is 11.0 Å². The zero-order valence-corrected chi connectivity index (χ0v) is 19.7. The maximum Gasteiger partial charge on any atom is 0.271 e. The van der Waals surface area contributed by atoms with Crippen molar-refractivity contribution in [3.05, 3.63) is 84.8 Å². The van der Waals surface area contributed by atoms with Gasteiger partial charge in [0.25, 0.3) is 5.56 Å². The third kappa shape index (κ3) is 3.35. The van der Waals surface area contributed by atoms with Crippen LogP contribution in [0.15, 0.2) is 50.1 Å². The topological polar surface area (TPSA) is 115 Å². The van der Waals surface area contributed by atoms with Crippen molar-refractivity contribution in [2.45, 2.75) is 20.4 Å². The van der Waals surface area contributed by atoms with E-state index in [-0.39, 0.29) is 35.8 Å². The van der Waals surface area contributed by atoms with Gasteiger partial charge in [-0.2, -0.15) is 5.26 Å². The highest BCUT2D eigenvalue weighted by atomic mass is 79.9. The quantitative estimate of drug-likeness (QED) is 0.392. The van der Waals surface area contributed by atoms with Crippen LogP contribution < -0.4 is 15.0 Å². The molecular weight excluding hydrogens is 504 g/mol. The van der Waals surface area contributed by atoms with Gasteiger partial charge in [0.2, 0.25) is 18.5 Å². The number of halogens is 1. The predicted molar refractivity (Wildman–Crippen MR) is 126 cm³/mol. The largest absolute Gasteiger partial charge is 0.494 e. The molecule has 3 heterocycles. The molecule has 9 heteroatoms. The monoisotopic (exact) mass is 520 g/mol. The van der Waals surface area contributed by atoms with Gasteiger partial charge in [0.05, 0.1) is 12.1 Å². The maximum absolute atomic E-state index is 13.6. The SMILES string of the molecule is Cc1c(C(=O)c2oc3cc(Br)ccc3c2C)c(O)n(Cc2ccc3c(c2)OCO3)c(=O)c1C#N. The minimum atomic E-state index is -0.697. The molecule has 0 spiro atoms. The van der Waals surface area contributed by atoms with Gasteiger partial charge in [-0.05, 0) is 55.3 Å². The summed E-state index contributed by atoms with van der Waals surface area (Å²) in [6.07, 6.45) is 0. The van der Waals surface area contributed by atoms with Gasteiger partial charge >= 0.3 is 0 Å². The van der Waals surface area contributed by atoms with E-state index in [0.29, 0.717) is 28.2 Å². The molecule has 0 aliphatic carbocycles. The first-order valence-corrected chi connectivity index (χ1v) is 11.1. The van der Waals surface area contributed by atoms with E-state index in [2.05, 4.69) is 15.9 Å². The summed E-state index contributed by atoms with van der Waals surface area (Å²) in [5.74, 6) is -0.0348.